The molecular formula is C18H30F3IN4O. The minimum Gasteiger partial charge on any atom is -0.494 e. The van der Waals surface area contributed by atoms with Gasteiger partial charge in [0.1, 0.15) is 5.75 Å². The first-order valence-corrected chi connectivity index (χ1v) is 8.75. The van der Waals surface area contributed by atoms with Gasteiger partial charge in [-0.15, -0.1) is 24.0 Å². The van der Waals surface area contributed by atoms with Gasteiger partial charge in [-0.05, 0) is 45.1 Å². The molecule has 5 nitrogen and oxygen atoms in total. The lowest BCUT2D eigenvalue weighted by molar-refractivity contribution is -0.132. The summed E-state index contributed by atoms with van der Waals surface area (Å²) in [5.74, 6) is 1.17. The molecule has 2 N–H and O–H groups in total. The van der Waals surface area contributed by atoms with Crippen LogP contribution in [0.5, 0.6) is 5.75 Å². The van der Waals surface area contributed by atoms with Crippen molar-refractivity contribution in [2.24, 2.45) is 4.99 Å². The predicted octanol–water partition coefficient (Wildman–Crippen LogP) is 3.64. The summed E-state index contributed by atoms with van der Waals surface area (Å²) in [5, 5.41) is 5.63. The first-order chi connectivity index (χ1) is 12.3. The molecule has 0 saturated carbocycles. The highest BCUT2D eigenvalue weighted by Gasteiger charge is 2.26. The molecule has 0 spiro atoms. The van der Waals surface area contributed by atoms with Gasteiger partial charge in [0, 0.05) is 19.6 Å². The SMILES string of the molecule is CCNC(=NCc1ccc(OCCCN(C)C)cc1)NCCC(F)(F)F.I. The molecule has 0 atom stereocenters. The van der Waals surface area contributed by atoms with Gasteiger partial charge in [0.15, 0.2) is 5.96 Å². The second kappa shape index (κ2) is 13.9. The maximum Gasteiger partial charge on any atom is 0.390 e. The van der Waals surface area contributed by atoms with Crippen LogP contribution in [-0.2, 0) is 6.54 Å². The van der Waals surface area contributed by atoms with Gasteiger partial charge < -0.3 is 20.3 Å². The number of hydrogen-bond acceptors (Lipinski definition) is 3. The third-order valence-electron chi connectivity index (χ3n) is 3.41. The smallest absolute Gasteiger partial charge is 0.390 e. The average Bonchev–Trinajstić information content (AvgIpc) is 2.56. The Morgan fingerprint density at radius 3 is 2.37 bits per heavy atom. The van der Waals surface area contributed by atoms with E-state index in [9.17, 15) is 13.2 Å². The van der Waals surface area contributed by atoms with Crippen LogP contribution in [0.1, 0.15) is 25.3 Å². The fraction of sp³-hybridized carbons (Fsp3) is 0.611. The molecule has 0 amide bonds. The molecule has 1 aromatic carbocycles. The molecule has 27 heavy (non-hydrogen) atoms. The lowest BCUT2D eigenvalue weighted by atomic mass is 10.2. The summed E-state index contributed by atoms with van der Waals surface area (Å²) in [6.45, 7) is 4.25. The zero-order chi connectivity index (χ0) is 19.4. The maximum absolute atomic E-state index is 12.2. The van der Waals surface area contributed by atoms with Gasteiger partial charge in [0.05, 0.1) is 19.6 Å². The van der Waals surface area contributed by atoms with Gasteiger partial charge in [0.2, 0.25) is 0 Å². The van der Waals surface area contributed by atoms with Crippen LogP contribution in [0, 0.1) is 0 Å². The van der Waals surface area contributed by atoms with Crippen molar-refractivity contribution >= 4 is 29.9 Å². The maximum atomic E-state index is 12.2. The minimum atomic E-state index is -4.17. The highest BCUT2D eigenvalue weighted by atomic mass is 127. The molecule has 0 unspecified atom stereocenters. The predicted molar refractivity (Wildman–Crippen MR) is 114 cm³/mol. The minimum absolute atomic E-state index is 0. The molecule has 1 rings (SSSR count). The second-order valence-electron chi connectivity index (χ2n) is 6.14. The molecule has 0 aliphatic heterocycles. The van der Waals surface area contributed by atoms with Crippen LogP contribution in [0.15, 0.2) is 29.3 Å². The Balaban J connectivity index is 0.00000676. The fourth-order valence-corrected chi connectivity index (χ4v) is 2.10. The summed E-state index contributed by atoms with van der Waals surface area (Å²) in [6.07, 6.45) is -4.11. The normalized spacial score (nSPS) is 11.9. The fourth-order valence-electron chi connectivity index (χ4n) is 2.10. The van der Waals surface area contributed by atoms with Crippen LogP contribution < -0.4 is 15.4 Å². The van der Waals surface area contributed by atoms with Crippen molar-refractivity contribution in [3.63, 3.8) is 0 Å². The van der Waals surface area contributed by atoms with Crippen molar-refractivity contribution in [3.8, 4) is 5.75 Å². The summed E-state index contributed by atoms with van der Waals surface area (Å²) in [5.41, 5.74) is 0.957. The molecule has 0 fully saturated rings. The highest BCUT2D eigenvalue weighted by molar-refractivity contribution is 14.0. The zero-order valence-electron chi connectivity index (χ0n) is 16.1. The highest BCUT2D eigenvalue weighted by Crippen LogP contribution is 2.18. The summed E-state index contributed by atoms with van der Waals surface area (Å²) < 4.78 is 42.3. The average molecular weight is 502 g/mol. The Labute approximate surface area is 176 Å². The number of halogens is 4. The second-order valence-corrected chi connectivity index (χ2v) is 6.14. The van der Waals surface area contributed by atoms with Crippen LogP contribution in [0.25, 0.3) is 0 Å². The topological polar surface area (TPSA) is 48.9 Å². The van der Waals surface area contributed by atoms with E-state index in [2.05, 4.69) is 20.5 Å². The van der Waals surface area contributed by atoms with Crippen molar-refractivity contribution in [1.29, 1.82) is 0 Å². The van der Waals surface area contributed by atoms with E-state index >= 15 is 0 Å². The van der Waals surface area contributed by atoms with Crippen molar-refractivity contribution < 1.29 is 17.9 Å². The van der Waals surface area contributed by atoms with Crippen LogP contribution in [0.3, 0.4) is 0 Å². The molecule has 156 valence electrons. The Hall–Kier alpha value is -1.23. The number of nitrogens with zero attached hydrogens (tertiary/aromatic N) is 2. The summed E-state index contributed by atoms with van der Waals surface area (Å²) >= 11 is 0. The first-order valence-electron chi connectivity index (χ1n) is 8.75. The van der Waals surface area contributed by atoms with E-state index in [1.807, 2.05) is 45.3 Å². The van der Waals surface area contributed by atoms with Gasteiger partial charge in [-0.1, -0.05) is 12.1 Å². The number of rotatable bonds is 10. The van der Waals surface area contributed by atoms with E-state index in [1.165, 1.54) is 0 Å². The summed E-state index contributed by atoms with van der Waals surface area (Å²) in [4.78, 5) is 6.41. The van der Waals surface area contributed by atoms with Gasteiger partial charge in [-0.25, -0.2) is 4.99 Å². The van der Waals surface area contributed by atoms with Crippen molar-refractivity contribution in [3.05, 3.63) is 29.8 Å². The number of ether oxygens (including phenoxy) is 1. The Morgan fingerprint density at radius 1 is 1.15 bits per heavy atom. The lowest BCUT2D eigenvalue weighted by Crippen LogP contribution is -2.38. The summed E-state index contributed by atoms with van der Waals surface area (Å²) in [6, 6.07) is 7.57. The van der Waals surface area contributed by atoms with E-state index < -0.39 is 12.6 Å². The van der Waals surface area contributed by atoms with Gasteiger partial charge >= 0.3 is 6.18 Å². The third-order valence-corrected chi connectivity index (χ3v) is 3.41. The molecular weight excluding hydrogens is 472 g/mol. The number of guanidine groups is 1. The Bertz CT molecular complexity index is 536. The molecule has 0 saturated heterocycles. The Morgan fingerprint density at radius 2 is 1.81 bits per heavy atom. The van der Waals surface area contributed by atoms with Crippen LogP contribution in [0.4, 0.5) is 13.2 Å². The molecule has 0 bridgehead atoms. The Kier molecular flexibility index (Phi) is 13.2. The van der Waals surface area contributed by atoms with Crippen molar-refractivity contribution in [2.75, 3.05) is 40.3 Å². The monoisotopic (exact) mass is 502 g/mol. The molecule has 9 heteroatoms. The zero-order valence-corrected chi connectivity index (χ0v) is 18.4. The van der Waals surface area contributed by atoms with Crippen molar-refractivity contribution in [1.82, 2.24) is 15.5 Å². The third kappa shape index (κ3) is 13.6. The lowest BCUT2D eigenvalue weighted by Gasteiger charge is -2.12. The molecule has 0 aliphatic rings. The molecule has 0 aliphatic carbocycles. The standard InChI is InChI=1S/C18H29F3N4O.HI/c1-4-22-17(23-11-10-18(19,20)21)24-14-15-6-8-16(9-7-15)26-13-5-12-25(2)3;/h6-9H,4-5,10-14H2,1-3H3,(H2,22,23,24);1H. The summed E-state index contributed by atoms with van der Waals surface area (Å²) in [7, 11) is 4.05. The first kappa shape index (κ1) is 25.8. The van der Waals surface area contributed by atoms with E-state index in [1.54, 1.807) is 0 Å². The number of hydrogen-bond donors (Lipinski definition) is 2. The quantitative estimate of drug-likeness (QED) is 0.222. The number of nitrogens with one attached hydrogen (secondary N) is 2. The molecule has 1 aromatic rings. The van der Waals surface area contributed by atoms with Crippen LogP contribution in [0.2, 0.25) is 0 Å². The van der Waals surface area contributed by atoms with E-state index in [0.717, 1.165) is 24.3 Å². The van der Waals surface area contributed by atoms with Gasteiger partial charge in [-0.2, -0.15) is 13.2 Å². The van der Waals surface area contributed by atoms with Gasteiger partial charge in [0.25, 0.3) is 0 Å². The van der Waals surface area contributed by atoms with Gasteiger partial charge in [-0.3, -0.25) is 0 Å². The van der Waals surface area contributed by atoms with E-state index in [0.29, 0.717) is 25.7 Å². The number of benzene rings is 1. The van der Waals surface area contributed by atoms with Crippen LogP contribution in [-0.4, -0.2) is 57.4 Å². The molecule has 0 radical (unpaired) electrons. The van der Waals surface area contributed by atoms with Crippen LogP contribution >= 0.6 is 24.0 Å². The van der Waals surface area contributed by atoms with E-state index in [-0.39, 0.29) is 30.5 Å². The van der Waals surface area contributed by atoms with Crippen molar-refractivity contribution in [2.45, 2.75) is 32.5 Å². The molecule has 0 aromatic heterocycles. The van der Waals surface area contributed by atoms with E-state index in [4.69, 9.17) is 4.74 Å². The number of aliphatic imine (C=N–C) groups is 1. The number of alkyl halides is 3. The largest absolute Gasteiger partial charge is 0.494 e. The molecule has 0 heterocycles.